The van der Waals surface area contributed by atoms with Gasteiger partial charge in [0, 0.05) is 16.7 Å². The largest absolute Gasteiger partial charge is 0.573 e. The van der Waals surface area contributed by atoms with Crippen molar-refractivity contribution in [2.75, 3.05) is 0 Å². The predicted octanol–water partition coefficient (Wildman–Crippen LogP) is 7.88. The van der Waals surface area contributed by atoms with E-state index in [1.54, 1.807) is 0 Å². The number of rotatable bonds is 5. The van der Waals surface area contributed by atoms with Crippen molar-refractivity contribution in [3.63, 3.8) is 0 Å². The summed E-state index contributed by atoms with van der Waals surface area (Å²) in [6.45, 7) is 2.05. The lowest BCUT2D eigenvalue weighted by Crippen LogP contribution is -2.16. The normalized spacial score (nSPS) is 15.2. The molecule has 1 aliphatic carbocycles. The summed E-state index contributed by atoms with van der Waals surface area (Å²) in [5.74, 6) is 4.54. The maximum Gasteiger partial charge on any atom is 0.573 e. The van der Waals surface area contributed by atoms with Gasteiger partial charge in [0.1, 0.15) is 17.4 Å². The number of hydrogen-bond acceptors (Lipinski definition) is 1. The molecule has 1 nitrogen and oxygen atoms in total. The Bertz CT molecular complexity index is 1230. The zero-order chi connectivity index (χ0) is 25.0. The summed E-state index contributed by atoms with van der Waals surface area (Å²) in [6, 6.07) is 14.1. The smallest absolute Gasteiger partial charge is 0.406 e. The molecule has 0 saturated heterocycles. The number of benzene rings is 3. The van der Waals surface area contributed by atoms with Crippen LogP contribution in [-0.2, 0) is 19.3 Å². The standard InChI is InChI=1S/C29H25F5O/c1-2-3-4-21-16-26(30)28(27(31)17-21)24-12-11-22-15-20(7-10-23(22)18-24)6-5-19-8-13-25(14-9-19)35-29(32,33)34/h7-10,13-17,24H,2-4,11-12,18H2,1H3. The maximum absolute atomic E-state index is 14.8. The minimum atomic E-state index is -4.73. The molecule has 1 unspecified atom stereocenters. The van der Waals surface area contributed by atoms with E-state index >= 15 is 0 Å². The van der Waals surface area contributed by atoms with Gasteiger partial charge in [-0.2, -0.15) is 0 Å². The first-order chi connectivity index (χ1) is 16.7. The van der Waals surface area contributed by atoms with E-state index in [1.807, 2.05) is 25.1 Å². The van der Waals surface area contributed by atoms with Gasteiger partial charge in [-0.3, -0.25) is 0 Å². The van der Waals surface area contributed by atoms with E-state index in [4.69, 9.17) is 0 Å². The van der Waals surface area contributed by atoms with Crippen molar-refractivity contribution < 1.29 is 26.7 Å². The van der Waals surface area contributed by atoms with Gasteiger partial charge >= 0.3 is 6.36 Å². The highest BCUT2D eigenvalue weighted by Gasteiger charge is 2.31. The third-order valence-corrected chi connectivity index (χ3v) is 6.24. The summed E-state index contributed by atoms with van der Waals surface area (Å²) >= 11 is 0. The molecule has 182 valence electrons. The van der Waals surface area contributed by atoms with Crippen molar-refractivity contribution >= 4 is 0 Å². The molecule has 0 radical (unpaired) electrons. The van der Waals surface area contributed by atoms with Gasteiger partial charge < -0.3 is 4.74 Å². The molecule has 1 aliphatic rings. The number of halogens is 5. The number of unbranched alkanes of at least 4 members (excludes halogenated alkanes) is 1. The van der Waals surface area contributed by atoms with Crippen molar-refractivity contribution in [3.8, 4) is 17.6 Å². The first-order valence-electron chi connectivity index (χ1n) is 11.7. The molecule has 3 aromatic rings. The average Bonchev–Trinajstić information content (AvgIpc) is 2.81. The zero-order valence-electron chi connectivity index (χ0n) is 19.3. The van der Waals surface area contributed by atoms with Crippen molar-refractivity contribution in [2.45, 2.75) is 57.7 Å². The molecule has 3 aromatic carbocycles. The topological polar surface area (TPSA) is 9.23 Å². The molecule has 0 bridgehead atoms. The summed E-state index contributed by atoms with van der Waals surface area (Å²) in [5.41, 5.74) is 4.36. The summed E-state index contributed by atoms with van der Waals surface area (Å²) in [4.78, 5) is 0. The van der Waals surface area contributed by atoms with Crippen LogP contribution in [0, 0.1) is 23.5 Å². The molecule has 0 N–H and O–H groups in total. The summed E-state index contributed by atoms with van der Waals surface area (Å²) in [5, 5.41) is 0. The Morgan fingerprint density at radius 2 is 1.54 bits per heavy atom. The van der Waals surface area contributed by atoms with Gasteiger partial charge in [-0.25, -0.2) is 8.78 Å². The molecule has 1 atom stereocenters. The van der Waals surface area contributed by atoms with Gasteiger partial charge in [0.15, 0.2) is 0 Å². The van der Waals surface area contributed by atoms with Crippen LogP contribution in [0.15, 0.2) is 54.6 Å². The van der Waals surface area contributed by atoms with Gasteiger partial charge in [0.25, 0.3) is 0 Å². The van der Waals surface area contributed by atoms with Gasteiger partial charge in [-0.1, -0.05) is 31.3 Å². The number of alkyl halides is 3. The Morgan fingerprint density at radius 1 is 0.886 bits per heavy atom. The Kier molecular flexibility index (Phi) is 7.45. The fourth-order valence-corrected chi connectivity index (χ4v) is 4.52. The quantitative estimate of drug-likeness (QED) is 0.264. The molecule has 4 rings (SSSR count). The highest BCUT2D eigenvalue weighted by molar-refractivity contribution is 5.48. The fraction of sp³-hybridized carbons (Fsp3) is 0.310. The third kappa shape index (κ3) is 6.42. The lowest BCUT2D eigenvalue weighted by Gasteiger charge is -2.26. The first-order valence-corrected chi connectivity index (χ1v) is 11.7. The molecular weight excluding hydrogens is 459 g/mol. The van der Waals surface area contributed by atoms with Crippen molar-refractivity contribution in [1.82, 2.24) is 0 Å². The van der Waals surface area contributed by atoms with E-state index in [9.17, 15) is 22.0 Å². The Morgan fingerprint density at radius 3 is 2.20 bits per heavy atom. The van der Waals surface area contributed by atoms with Crippen LogP contribution in [0.5, 0.6) is 5.75 Å². The minimum absolute atomic E-state index is 0.178. The van der Waals surface area contributed by atoms with E-state index in [-0.39, 0.29) is 17.2 Å². The summed E-state index contributed by atoms with van der Waals surface area (Å²) < 4.78 is 70.3. The fourth-order valence-electron chi connectivity index (χ4n) is 4.52. The highest BCUT2D eigenvalue weighted by atomic mass is 19.4. The van der Waals surface area contributed by atoms with Crippen molar-refractivity contribution in [3.05, 3.63) is 99.6 Å². The van der Waals surface area contributed by atoms with Crippen molar-refractivity contribution in [2.24, 2.45) is 0 Å². The van der Waals surface area contributed by atoms with Crippen LogP contribution in [0.3, 0.4) is 0 Å². The average molecular weight is 485 g/mol. The highest BCUT2D eigenvalue weighted by Crippen LogP contribution is 2.36. The van der Waals surface area contributed by atoms with Gasteiger partial charge in [0.2, 0.25) is 0 Å². The zero-order valence-corrected chi connectivity index (χ0v) is 19.3. The Hall–Kier alpha value is -3.33. The molecule has 0 aromatic heterocycles. The predicted molar refractivity (Wildman–Crippen MR) is 125 cm³/mol. The van der Waals surface area contributed by atoms with E-state index in [0.29, 0.717) is 36.8 Å². The number of aryl methyl sites for hydroxylation is 2. The van der Waals surface area contributed by atoms with Crippen molar-refractivity contribution in [1.29, 1.82) is 0 Å². The molecule has 0 aliphatic heterocycles. The van der Waals surface area contributed by atoms with E-state index < -0.39 is 18.0 Å². The second-order valence-corrected chi connectivity index (χ2v) is 8.82. The van der Waals surface area contributed by atoms with Crippen LogP contribution in [0.4, 0.5) is 22.0 Å². The van der Waals surface area contributed by atoms with E-state index in [0.717, 1.165) is 29.5 Å². The lowest BCUT2D eigenvalue weighted by molar-refractivity contribution is -0.274. The molecule has 6 heteroatoms. The molecule has 0 saturated carbocycles. The van der Waals surface area contributed by atoms with Gasteiger partial charge in [0.05, 0.1) is 0 Å². The second kappa shape index (κ2) is 10.5. The molecular formula is C29H25F5O. The second-order valence-electron chi connectivity index (χ2n) is 8.82. The summed E-state index contributed by atoms with van der Waals surface area (Å²) in [6.07, 6.45) is -0.287. The van der Waals surface area contributed by atoms with Crippen LogP contribution < -0.4 is 4.74 Å². The molecule has 35 heavy (non-hydrogen) atoms. The van der Waals surface area contributed by atoms with Crippen LogP contribution in [-0.4, -0.2) is 6.36 Å². The van der Waals surface area contributed by atoms with E-state index in [2.05, 4.69) is 16.6 Å². The van der Waals surface area contributed by atoms with Gasteiger partial charge in [-0.15, -0.1) is 13.2 Å². The molecule has 0 heterocycles. The molecule has 0 spiro atoms. The van der Waals surface area contributed by atoms with Crippen LogP contribution in [0.25, 0.3) is 0 Å². The number of fused-ring (bicyclic) bond motifs is 1. The summed E-state index contributed by atoms with van der Waals surface area (Å²) in [7, 11) is 0. The van der Waals surface area contributed by atoms with Crippen LogP contribution in [0.2, 0.25) is 0 Å². The first kappa shape index (κ1) is 24.8. The Labute approximate surface area is 201 Å². The number of hydrogen-bond donors (Lipinski definition) is 0. The molecule has 0 fully saturated rings. The minimum Gasteiger partial charge on any atom is -0.406 e. The van der Waals surface area contributed by atoms with Crippen LogP contribution >= 0.6 is 0 Å². The van der Waals surface area contributed by atoms with E-state index in [1.165, 1.54) is 36.4 Å². The monoisotopic (exact) mass is 484 g/mol. The van der Waals surface area contributed by atoms with Crippen LogP contribution in [0.1, 0.15) is 65.5 Å². The van der Waals surface area contributed by atoms with Gasteiger partial charge in [-0.05, 0) is 103 Å². The number of ether oxygens (including phenoxy) is 1. The molecule has 0 amide bonds. The SMILES string of the molecule is CCCCc1cc(F)c(C2CCc3cc(C#Cc4ccc(OC(F)(F)F)cc4)ccc3C2)c(F)c1. The maximum atomic E-state index is 14.8. The lowest BCUT2D eigenvalue weighted by atomic mass is 9.79. The Balaban J connectivity index is 1.46. The third-order valence-electron chi connectivity index (χ3n) is 6.24.